The number of hydrogen-bond donors (Lipinski definition) is 0. The van der Waals surface area contributed by atoms with Crippen molar-refractivity contribution >= 4 is 5.91 Å². The van der Waals surface area contributed by atoms with E-state index in [2.05, 4.69) is 19.1 Å². The van der Waals surface area contributed by atoms with Crippen LogP contribution in [0, 0.1) is 0 Å². The minimum Gasteiger partial charge on any atom is -0.348 e. The number of rotatable bonds is 3. The predicted molar refractivity (Wildman–Crippen MR) is 62.9 cm³/mol. The van der Waals surface area contributed by atoms with Crippen LogP contribution in [0.25, 0.3) is 0 Å². The molecule has 0 aliphatic rings. The van der Waals surface area contributed by atoms with E-state index in [1.165, 1.54) is 5.56 Å². The summed E-state index contributed by atoms with van der Waals surface area (Å²) in [4.78, 5) is 13.4. The number of benzene rings is 1. The summed E-state index contributed by atoms with van der Waals surface area (Å²) >= 11 is 0. The van der Waals surface area contributed by atoms with E-state index >= 15 is 0 Å². The van der Waals surface area contributed by atoms with Crippen molar-refractivity contribution in [2.75, 3.05) is 14.1 Å². The summed E-state index contributed by atoms with van der Waals surface area (Å²) in [6.07, 6.45) is 1.04. The number of aryl methyl sites for hydroxylation is 1. The molecular formula is C13H19NO. The van der Waals surface area contributed by atoms with Gasteiger partial charge in [-0.1, -0.05) is 31.2 Å². The molecule has 15 heavy (non-hydrogen) atoms. The predicted octanol–water partition coefficient (Wildman–Crippen LogP) is 2.44. The summed E-state index contributed by atoms with van der Waals surface area (Å²) in [5, 5.41) is 0. The SMILES string of the molecule is CCc1ccc(C(C)C(=O)N(C)C)cc1. The number of nitrogens with zero attached hydrogens (tertiary/aromatic N) is 1. The Morgan fingerprint density at radius 2 is 1.80 bits per heavy atom. The highest BCUT2D eigenvalue weighted by atomic mass is 16.2. The van der Waals surface area contributed by atoms with Crippen LogP contribution in [-0.4, -0.2) is 24.9 Å². The normalized spacial score (nSPS) is 12.3. The maximum Gasteiger partial charge on any atom is 0.229 e. The minimum absolute atomic E-state index is 0.0501. The third-order valence-electron chi connectivity index (χ3n) is 2.70. The van der Waals surface area contributed by atoms with Crippen molar-refractivity contribution < 1.29 is 4.79 Å². The molecule has 1 aromatic rings. The monoisotopic (exact) mass is 205 g/mol. The van der Waals surface area contributed by atoms with Crippen LogP contribution in [0.5, 0.6) is 0 Å². The summed E-state index contributed by atoms with van der Waals surface area (Å²) in [6.45, 7) is 4.08. The molecule has 1 unspecified atom stereocenters. The van der Waals surface area contributed by atoms with Gasteiger partial charge in [0, 0.05) is 14.1 Å². The lowest BCUT2D eigenvalue weighted by Gasteiger charge is -2.17. The summed E-state index contributed by atoms with van der Waals surface area (Å²) in [6, 6.07) is 8.28. The first kappa shape index (κ1) is 11.8. The molecule has 0 bridgehead atoms. The summed E-state index contributed by atoms with van der Waals surface area (Å²) in [5.41, 5.74) is 2.40. The standard InChI is InChI=1S/C13H19NO/c1-5-11-6-8-12(9-7-11)10(2)13(15)14(3)4/h6-10H,5H2,1-4H3. The Kier molecular flexibility index (Phi) is 3.89. The van der Waals surface area contributed by atoms with Gasteiger partial charge in [0.2, 0.25) is 5.91 Å². The minimum atomic E-state index is -0.0501. The van der Waals surface area contributed by atoms with Crippen LogP contribution in [0.15, 0.2) is 24.3 Å². The second-order valence-electron chi connectivity index (χ2n) is 4.05. The molecule has 0 aliphatic carbocycles. The quantitative estimate of drug-likeness (QED) is 0.742. The van der Waals surface area contributed by atoms with Gasteiger partial charge >= 0.3 is 0 Å². The number of likely N-dealkylation sites (N-methyl/N-ethyl adjacent to an activating group) is 1. The highest BCUT2D eigenvalue weighted by Crippen LogP contribution is 2.17. The molecule has 0 fully saturated rings. The molecular weight excluding hydrogens is 186 g/mol. The van der Waals surface area contributed by atoms with Gasteiger partial charge in [-0.3, -0.25) is 4.79 Å². The van der Waals surface area contributed by atoms with Crippen molar-refractivity contribution in [2.24, 2.45) is 0 Å². The van der Waals surface area contributed by atoms with Gasteiger partial charge in [-0.2, -0.15) is 0 Å². The van der Waals surface area contributed by atoms with E-state index in [1.807, 2.05) is 19.1 Å². The van der Waals surface area contributed by atoms with Crippen molar-refractivity contribution in [3.8, 4) is 0 Å². The average molecular weight is 205 g/mol. The lowest BCUT2D eigenvalue weighted by molar-refractivity contribution is -0.129. The number of amides is 1. The highest BCUT2D eigenvalue weighted by Gasteiger charge is 2.16. The van der Waals surface area contributed by atoms with Gasteiger partial charge in [0.05, 0.1) is 5.92 Å². The Bertz CT molecular complexity index is 327. The summed E-state index contributed by atoms with van der Waals surface area (Å²) < 4.78 is 0. The number of carbonyl (C=O) groups is 1. The van der Waals surface area contributed by atoms with Crippen LogP contribution in [0.3, 0.4) is 0 Å². The van der Waals surface area contributed by atoms with E-state index in [0.29, 0.717) is 0 Å². The molecule has 1 amide bonds. The van der Waals surface area contributed by atoms with E-state index in [0.717, 1.165) is 12.0 Å². The van der Waals surface area contributed by atoms with Crippen LogP contribution >= 0.6 is 0 Å². The molecule has 0 radical (unpaired) electrons. The van der Waals surface area contributed by atoms with Crippen LogP contribution < -0.4 is 0 Å². The van der Waals surface area contributed by atoms with E-state index in [9.17, 15) is 4.79 Å². The molecule has 0 aliphatic heterocycles. The number of carbonyl (C=O) groups excluding carboxylic acids is 1. The molecule has 0 saturated heterocycles. The van der Waals surface area contributed by atoms with E-state index in [1.54, 1.807) is 19.0 Å². The summed E-state index contributed by atoms with van der Waals surface area (Å²) in [7, 11) is 3.58. The zero-order chi connectivity index (χ0) is 11.4. The molecule has 2 nitrogen and oxygen atoms in total. The molecule has 1 atom stereocenters. The molecule has 0 aromatic heterocycles. The van der Waals surface area contributed by atoms with E-state index in [4.69, 9.17) is 0 Å². The molecule has 0 saturated carbocycles. The second-order valence-corrected chi connectivity index (χ2v) is 4.05. The topological polar surface area (TPSA) is 20.3 Å². The van der Waals surface area contributed by atoms with Gasteiger partial charge in [-0.25, -0.2) is 0 Å². The van der Waals surface area contributed by atoms with Crippen LogP contribution in [0.2, 0.25) is 0 Å². The third-order valence-corrected chi connectivity index (χ3v) is 2.70. The van der Waals surface area contributed by atoms with Gasteiger partial charge in [-0.15, -0.1) is 0 Å². The Balaban J connectivity index is 2.82. The molecule has 2 heteroatoms. The zero-order valence-corrected chi connectivity index (χ0v) is 9.95. The van der Waals surface area contributed by atoms with E-state index in [-0.39, 0.29) is 11.8 Å². The fourth-order valence-electron chi connectivity index (χ4n) is 1.57. The van der Waals surface area contributed by atoms with Gasteiger partial charge in [0.15, 0.2) is 0 Å². The van der Waals surface area contributed by atoms with Gasteiger partial charge in [0.1, 0.15) is 0 Å². The molecule has 0 spiro atoms. The average Bonchev–Trinajstić information content (AvgIpc) is 2.27. The largest absolute Gasteiger partial charge is 0.348 e. The zero-order valence-electron chi connectivity index (χ0n) is 9.95. The smallest absolute Gasteiger partial charge is 0.229 e. The lowest BCUT2D eigenvalue weighted by Crippen LogP contribution is -2.26. The highest BCUT2D eigenvalue weighted by molar-refractivity contribution is 5.82. The molecule has 1 rings (SSSR count). The van der Waals surface area contributed by atoms with Crippen molar-refractivity contribution in [1.82, 2.24) is 4.90 Å². The Morgan fingerprint density at radius 1 is 1.27 bits per heavy atom. The van der Waals surface area contributed by atoms with E-state index < -0.39 is 0 Å². The maximum absolute atomic E-state index is 11.7. The van der Waals surface area contributed by atoms with Crippen molar-refractivity contribution in [3.05, 3.63) is 35.4 Å². The molecule has 1 aromatic carbocycles. The van der Waals surface area contributed by atoms with Crippen LogP contribution in [0.1, 0.15) is 30.9 Å². The summed E-state index contributed by atoms with van der Waals surface area (Å²) in [5.74, 6) is 0.102. The third kappa shape index (κ3) is 2.82. The second kappa shape index (κ2) is 4.96. The Hall–Kier alpha value is -1.31. The van der Waals surface area contributed by atoms with Crippen molar-refractivity contribution in [3.63, 3.8) is 0 Å². The van der Waals surface area contributed by atoms with Crippen molar-refractivity contribution in [2.45, 2.75) is 26.2 Å². The van der Waals surface area contributed by atoms with Crippen molar-refractivity contribution in [1.29, 1.82) is 0 Å². The first-order chi connectivity index (χ1) is 7.06. The Morgan fingerprint density at radius 3 is 2.20 bits per heavy atom. The van der Waals surface area contributed by atoms with Gasteiger partial charge < -0.3 is 4.90 Å². The van der Waals surface area contributed by atoms with Crippen LogP contribution in [-0.2, 0) is 11.2 Å². The molecule has 0 heterocycles. The first-order valence-electron chi connectivity index (χ1n) is 5.36. The van der Waals surface area contributed by atoms with Gasteiger partial charge in [-0.05, 0) is 24.5 Å². The lowest BCUT2D eigenvalue weighted by atomic mass is 9.98. The first-order valence-corrected chi connectivity index (χ1v) is 5.36. The Labute approximate surface area is 91.9 Å². The maximum atomic E-state index is 11.7. The van der Waals surface area contributed by atoms with Crippen LogP contribution in [0.4, 0.5) is 0 Å². The fraction of sp³-hybridized carbons (Fsp3) is 0.462. The molecule has 0 N–H and O–H groups in total. The van der Waals surface area contributed by atoms with Gasteiger partial charge in [0.25, 0.3) is 0 Å². The number of hydrogen-bond acceptors (Lipinski definition) is 1. The fourth-order valence-corrected chi connectivity index (χ4v) is 1.57. The molecule has 82 valence electrons.